The van der Waals surface area contributed by atoms with Gasteiger partial charge in [0, 0.05) is 18.3 Å². The first kappa shape index (κ1) is 13.7. The Hall–Kier alpha value is -1.69. The number of hydrogen-bond acceptors (Lipinski definition) is 6. The molecular formula is C13H19N3O3. The van der Waals surface area contributed by atoms with Gasteiger partial charge in [-0.05, 0) is 13.3 Å². The molecule has 1 saturated heterocycles. The number of ether oxygens (including phenoxy) is 2. The zero-order valence-corrected chi connectivity index (χ0v) is 11.5. The van der Waals surface area contributed by atoms with Crippen LogP contribution in [0.4, 0.5) is 5.82 Å². The number of aromatic nitrogens is 2. The zero-order chi connectivity index (χ0) is 13.8. The average Bonchev–Trinajstić information content (AvgIpc) is 2.45. The molecule has 0 aromatic carbocycles. The van der Waals surface area contributed by atoms with Gasteiger partial charge in [0.05, 0.1) is 20.3 Å². The Morgan fingerprint density at radius 1 is 1.58 bits per heavy atom. The molecule has 0 radical (unpaired) electrons. The molecule has 1 atom stereocenters. The molecule has 1 aliphatic heterocycles. The molecule has 0 saturated carbocycles. The van der Waals surface area contributed by atoms with Crippen LogP contribution in [0.25, 0.3) is 0 Å². The lowest BCUT2D eigenvalue weighted by Crippen LogP contribution is -2.47. The molecule has 1 aromatic rings. The van der Waals surface area contributed by atoms with Crippen LogP contribution in [-0.4, -0.2) is 48.8 Å². The van der Waals surface area contributed by atoms with Gasteiger partial charge in [-0.3, -0.25) is 0 Å². The molecule has 0 aliphatic carbocycles. The van der Waals surface area contributed by atoms with Crippen molar-refractivity contribution in [2.75, 3.05) is 31.7 Å². The van der Waals surface area contributed by atoms with E-state index in [0.717, 1.165) is 23.8 Å². The largest absolute Gasteiger partial charge is 0.467 e. The summed E-state index contributed by atoms with van der Waals surface area (Å²) in [6, 6.07) is 1.96. The van der Waals surface area contributed by atoms with Crippen LogP contribution in [0.15, 0.2) is 6.07 Å². The third kappa shape index (κ3) is 3.20. The maximum Gasteiger partial charge on any atom is 0.336 e. The Labute approximate surface area is 112 Å². The molecule has 2 rings (SSSR count). The summed E-state index contributed by atoms with van der Waals surface area (Å²) < 4.78 is 10.1. The summed E-state index contributed by atoms with van der Waals surface area (Å²) in [6.45, 7) is 5.60. The lowest BCUT2D eigenvalue weighted by Gasteiger charge is -2.32. The fraction of sp³-hybridized carbons (Fsp3) is 0.615. The molecule has 6 nitrogen and oxygen atoms in total. The van der Waals surface area contributed by atoms with Crippen LogP contribution in [0.2, 0.25) is 0 Å². The van der Waals surface area contributed by atoms with Crippen molar-refractivity contribution < 1.29 is 14.3 Å². The highest BCUT2D eigenvalue weighted by Gasteiger charge is 2.28. The number of esters is 1. The van der Waals surface area contributed by atoms with E-state index in [-0.39, 0.29) is 5.97 Å². The highest BCUT2D eigenvalue weighted by atomic mass is 16.6. The van der Waals surface area contributed by atoms with E-state index >= 15 is 0 Å². The van der Waals surface area contributed by atoms with Crippen LogP contribution in [0.1, 0.15) is 18.4 Å². The molecule has 1 aromatic heterocycles. The summed E-state index contributed by atoms with van der Waals surface area (Å²) in [5.41, 5.74) is 1.00. The van der Waals surface area contributed by atoms with Gasteiger partial charge in [0.2, 0.25) is 0 Å². The van der Waals surface area contributed by atoms with E-state index in [1.54, 1.807) is 0 Å². The molecular weight excluding hydrogens is 246 g/mol. The third-order valence-electron chi connectivity index (χ3n) is 3.09. The molecule has 6 heteroatoms. The minimum atomic E-state index is -0.543. The van der Waals surface area contributed by atoms with Crippen molar-refractivity contribution >= 4 is 11.8 Å². The van der Waals surface area contributed by atoms with Crippen molar-refractivity contribution in [3.63, 3.8) is 0 Å². The molecule has 0 amide bonds. The van der Waals surface area contributed by atoms with Crippen molar-refractivity contribution in [1.82, 2.24) is 9.97 Å². The van der Waals surface area contributed by atoms with E-state index in [0.29, 0.717) is 19.7 Å². The summed E-state index contributed by atoms with van der Waals surface area (Å²) in [4.78, 5) is 22.4. The number of carbonyl (C=O) groups is 1. The molecule has 0 spiro atoms. The van der Waals surface area contributed by atoms with Crippen LogP contribution in [0.5, 0.6) is 0 Å². The van der Waals surface area contributed by atoms with Crippen molar-refractivity contribution in [1.29, 1.82) is 0 Å². The van der Waals surface area contributed by atoms with E-state index in [9.17, 15) is 4.79 Å². The van der Waals surface area contributed by atoms with Gasteiger partial charge in [-0.25, -0.2) is 14.8 Å². The topological polar surface area (TPSA) is 64.5 Å². The fourth-order valence-electron chi connectivity index (χ4n) is 2.09. The molecule has 2 heterocycles. The van der Waals surface area contributed by atoms with Gasteiger partial charge in [-0.2, -0.15) is 0 Å². The normalized spacial score (nSPS) is 19.3. The van der Waals surface area contributed by atoms with E-state index in [1.165, 1.54) is 7.11 Å². The second kappa shape index (κ2) is 5.97. The number of carbonyl (C=O) groups excluding carboxylic acids is 1. The van der Waals surface area contributed by atoms with E-state index < -0.39 is 6.10 Å². The van der Waals surface area contributed by atoms with Gasteiger partial charge in [0.1, 0.15) is 11.6 Å². The number of methoxy groups -OCH3 is 1. The number of rotatable bonds is 3. The monoisotopic (exact) mass is 265 g/mol. The molecule has 19 heavy (non-hydrogen) atoms. The number of anilines is 1. The summed E-state index contributed by atoms with van der Waals surface area (Å²) >= 11 is 0. The fourth-order valence-corrected chi connectivity index (χ4v) is 2.09. The highest BCUT2D eigenvalue weighted by molar-refractivity contribution is 5.75. The first-order chi connectivity index (χ1) is 9.13. The molecule has 0 bridgehead atoms. The molecule has 1 fully saturated rings. The summed E-state index contributed by atoms with van der Waals surface area (Å²) in [5, 5.41) is 0. The highest BCUT2D eigenvalue weighted by Crippen LogP contribution is 2.17. The number of aryl methyl sites for hydroxylation is 2. The molecule has 104 valence electrons. The Bertz CT molecular complexity index is 464. The summed E-state index contributed by atoms with van der Waals surface area (Å²) in [7, 11) is 1.37. The third-order valence-corrected chi connectivity index (χ3v) is 3.09. The van der Waals surface area contributed by atoms with Gasteiger partial charge in [-0.1, -0.05) is 6.92 Å². The van der Waals surface area contributed by atoms with Crippen molar-refractivity contribution in [3.8, 4) is 0 Å². The standard InChI is InChI=1S/C13H19N3O3/c1-4-10-7-12(15-9(2)14-10)16-5-6-19-11(8-16)13(17)18-3/h7,11H,4-6,8H2,1-3H3. The lowest BCUT2D eigenvalue weighted by atomic mass is 10.2. The van der Waals surface area contributed by atoms with Crippen LogP contribution in [-0.2, 0) is 20.7 Å². The smallest absolute Gasteiger partial charge is 0.336 e. The number of nitrogens with zero attached hydrogens (tertiary/aromatic N) is 3. The van der Waals surface area contributed by atoms with Crippen LogP contribution in [0, 0.1) is 6.92 Å². The first-order valence-corrected chi connectivity index (χ1v) is 6.43. The molecule has 0 N–H and O–H groups in total. The van der Waals surface area contributed by atoms with E-state index in [1.807, 2.05) is 17.9 Å². The van der Waals surface area contributed by atoms with Crippen molar-refractivity contribution in [2.45, 2.75) is 26.4 Å². The van der Waals surface area contributed by atoms with Crippen molar-refractivity contribution in [2.24, 2.45) is 0 Å². The quantitative estimate of drug-likeness (QED) is 0.751. The zero-order valence-electron chi connectivity index (χ0n) is 11.5. The van der Waals surface area contributed by atoms with Gasteiger partial charge in [-0.15, -0.1) is 0 Å². The van der Waals surface area contributed by atoms with Gasteiger partial charge in [0.15, 0.2) is 6.10 Å². The molecule has 1 unspecified atom stereocenters. The minimum Gasteiger partial charge on any atom is -0.467 e. The predicted octanol–water partition coefficient (Wildman–Crippen LogP) is 0.726. The van der Waals surface area contributed by atoms with E-state index in [4.69, 9.17) is 9.47 Å². The van der Waals surface area contributed by atoms with Crippen LogP contribution < -0.4 is 4.90 Å². The Morgan fingerprint density at radius 3 is 3.05 bits per heavy atom. The Balaban J connectivity index is 2.17. The van der Waals surface area contributed by atoms with Gasteiger partial charge >= 0.3 is 5.97 Å². The second-order valence-electron chi connectivity index (χ2n) is 4.45. The predicted molar refractivity (Wildman–Crippen MR) is 70.1 cm³/mol. The Kier molecular flexibility index (Phi) is 4.31. The lowest BCUT2D eigenvalue weighted by molar-refractivity contribution is -0.154. The van der Waals surface area contributed by atoms with E-state index in [2.05, 4.69) is 16.9 Å². The number of morpholine rings is 1. The summed E-state index contributed by atoms with van der Waals surface area (Å²) in [6.07, 6.45) is 0.320. The van der Waals surface area contributed by atoms with Crippen LogP contribution >= 0.6 is 0 Å². The number of hydrogen-bond donors (Lipinski definition) is 0. The maximum atomic E-state index is 11.5. The SMILES string of the molecule is CCc1cc(N2CCOC(C(=O)OC)C2)nc(C)n1. The van der Waals surface area contributed by atoms with Gasteiger partial charge in [0.25, 0.3) is 0 Å². The van der Waals surface area contributed by atoms with Gasteiger partial charge < -0.3 is 14.4 Å². The first-order valence-electron chi connectivity index (χ1n) is 6.43. The van der Waals surface area contributed by atoms with Crippen molar-refractivity contribution in [3.05, 3.63) is 17.6 Å². The maximum absolute atomic E-state index is 11.5. The Morgan fingerprint density at radius 2 is 2.37 bits per heavy atom. The molecule has 1 aliphatic rings. The second-order valence-corrected chi connectivity index (χ2v) is 4.45. The average molecular weight is 265 g/mol. The summed E-state index contributed by atoms with van der Waals surface area (Å²) in [5.74, 6) is 1.25. The minimum absolute atomic E-state index is 0.341. The van der Waals surface area contributed by atoms with Crippen LogP contribution in [0.3, 0.4) is 0 Å².